The number of rotatable bonds is 4. The Labute approximate surface area is 117 Å². The van der Waals surface area contributed by atoms with Crippen LogP contribution in [0.5, 0.6) is 5.75 Å². The van der Waals surface area contributed by atoms with Gasteiger partial charge in [0.15, 0.2) is 0 Å². The first-order valence-electron chi connectivity index (χ1n) is 5.90. The lowest BCUT2D eigenvalue weighted by Gasteiger charge is -2.13. The third-order valence-electron chi connectivity index (χ3n) is 2.89. The fourth-order valence-electron chi connectivity index (χ4n) is 1.81. The number of hydrogen-bond donors (Lipinski definition) is 2. The highest BCUT2D eigenvalue weighted by atomic mass is 35.5. The van der Waals surface area contributed by atoms with Crippen LogP contribution in [0.2, 0.25) is 5.02 Å². The zero-order valence-electron chi connectivity index (χ0n) is 10.6. The van der Waals surface area contributed by atoms with Gasteiger partial charge in [0.25, 0.3) is 0 Å². The van der Waals surface area contributed by atoms with Gasteiger partial charge in [-0.3, -0.25) is 5.41 Å². The van der Waals surface area contributed by atoms with E-state index in [1.165, 1.54) is 0 Å². The van der Waals surface area contributed by atoms with Crippen molar-refractivity contribution in [2.24, 2.45) is 5.73 Å². The molecule has 0 aliphatic carbocycles. The number of aryl methyl sites for hydroxylation is 1. The van der Waals surface area contributed by atoms with Crippen molar-refractivity contribution in [3.63, 3.8) is 0 Å². The summed E-state index contributed by atoms with van der Waals surface area (Å²) in [7, 11) is 0. The molecule has 0 bridgehead atoms. The number of nitrogens with two attached hydrogens (primary N) is 1. The second-order valence-electron chi connectivity index (χ2n) is 4.24. The molecular formula is C15H15ClN2O. The summed E-state index contributed by atoms with van der Waals surface area (Å²) in [6.45, 7) is 2.45. The maximum absolute atomic E-state index is 7.56. The highest BCUT2D eigenvalue weighted by molar-refractivity contribution is 6.34. The molecule has 0 aliphatic heterocycles. The molecule has 0 saturated heterocycles. The van der Waals surface area contributed by atoms with Crippen molar-refractivity contribution in [2.45, 2.75) is 13.5 Å². The normalized spacial score (nSPS) is 10.2. The van der Waals surface area contributed by atoms with E-state index in [9.17, 15) is 0 Å². The van der Waals surface area contributed by atoms with E-state index in [0.717, 1.165) is 11.1 Å². The lowest BCUT2D eigenvalue weighted by molar-refractivity contribution is 0.305. The van der Waals surface area contributed by atoms with E-state index in [4.69, 9.17) is 27.5 Å². The van der Waals surface area contributed by atoms with E-state index in [2.05, 4.69) is 0 Å². The van der Waals surface area contributed by atoms with Crippen LogP contribution in [0, 0.1) is 12.3 Å². The highest BCUT2D eigenvalue weighted by Gasteiger charge is 2.11. The van der Waals surface area contributed by atoms with Gasteiger partial charge in [-0.15, -0.1) is 0 Å². The van der Waals surface area contributed by atoms with Crippen LogP contribution in [0.4, 0.5) is 0 Å². The van der Waals surface area contributed by atoms with Crippen LogP contribution >= 0.6 is 11.6 Å². The SMILES string of the molecule is Cc1ccccc1COc1cccc(Cl)c1C(=N)N. The molecule has 3 N–H and O–H groups in total. The molecule has 0 aliphatic rings. The van der Waals surface area contributed by atoms with E-state index in [1.807, 2.05) is 31.2 Å². The standard InChI is InChI=1S/C15H15ClN2O/c1-10-5-2-3-6-11(10)9-19-13-8-4-7-12(16)14(13)15(17)18/h2-8H,9H2,1H3,(H3,17,18). The summed E-state index contributed by atoms with van der Waals surface area (Å²) in [5.74, 6) is 0.439. The molecule has 0 amide bonds. The topological polar surface area (TPSA) is 59.1 Å². The molecule has 0 radical (unpaired) electrons. The molecule has 0 saturated carbocycles. The number of nitrogens with one attached hydrogen (secondary N) is 1. The van der Waals surface area contributed by atoms with Gasteiger partial charge in [-0.1, -0.05) is 41.9 Å². The number of hydrogen-bond acceptors (Lipinski definition) is 2. The smallest absolute Gasteiger partial charge is 0.132 e. The molecular weight excluding hydrogens is 260 g/mol. The summed E-state index contributed by atoms with van der Waals surface area (Å²) in [6, 6.07) is 13.2. The predicted molar refractivity (Wildman–Crippen MR) is 78.0 cm³/mol. The number of halogens is 1. The van der Waals surface area contributed by atoms with Gasteiger partial charge in [0.05, 0.1) is 10.6 Å². The van der Waals surface area contributed by atoms with Crippen molar-refractivity contribution in [1.29, 1.82) is 5.41 Å². The van der Waals surface area contributed by atoms with Crippen LogP contribution in [0.1, 0.15) is 16.7 Å². The Balaban J connectivity index is 2.23. The predicted octanol–water partition coefficient (Wildman–Crippen LogP) is 3.51. The van der Waals surface area contributed by atoms with E-state index >= 15 is 0 Å². The molecule has 0 atom stereocenters. The number of benzene rings is 2. The van der Waals surface area contributed by atoms with Gasteiger partial charge >= 0.3 is 0 Å². The van der Waals surface area contributed by atoms with Gasteiger partial charge in [0, 0.05) is 0 Å². The quantitative estimate of drug-likeness (QED) is 0.662. The van der Waals surface area contributed by atoms with Crippen LogP contribution in [0.25, 0.3) is 0 Å². The molecule has 19 heavy (non-hydrogen) atoms. The lowest BCUT2D eigenvalue weighted by atomic mass is 10.1. The highest BCUT2D eigenvalue weighted by Crippen LogP contribution is 2.26. The summed E-state index contributed by atoms with van der Waals surface area (Å²) in [5, 5.41) is 7.98. The Bertz CT molecular complexity index is 611. The summed E-state index contributed by atoms with van der Waals surface area (Å²) in [5.41, 5.74) is 8.23. The molecule has 0 spiro atoms. The second-order valence-corrected chi connectivity index (χ2v) is 4.65. The first-order chi connectivity index (χ1) is 9.09. The summed E-state index contributed by atoms with van der Waals surface area (Å²) >= 11 is 6.04. The minimum absolute atomic E-state index is 0.0922. The lowest BCUT2D eigenvalue weighted by Crippen LogP contribution is -2.14. The van der Waals surface area contributed by atoms with Gasteiger partial charge < -0.3 is 10.5 Å². The van der Waals surface area contributed by atoms with Crippen molar-refractivity contribution in [1.82, 2.24) is 0 Å². The van der Waals surface area contributed by atoms with Crippen molar-refractivity contribution < 1.29 is 4.74 Å². The van der Waals surface area contributed by atoms with Crippen molar-refractivity contribution in [3.05, 3.63) is 64.2 Å². The monoisotopic (exact) mass is 274 g/mol. The second kappa shape index (κ2) is 5.76. The third kappa shape index (κ3) is 3.06. The Morgan fingerprint density at radius 3 is 2.63 bits per heavy atom. The van der Waals surface area contributed by atoms with E-state index < -0.39 is 0 Å². The summed E-state index contributed by atoms with van der Waals surface area (Å²) in [6.07, 6.45) is 0. The fraction of sp³-hybridized carbons (Fsp3) is 0.133. The zero-order chi connectivity index (χ0) is 13.8. The van der Waals surface area contributed by atoms with Gasteiger partial charge in [-0.05, 0) is 30.2 Å². The molecule has 0 unspecified atom stereocenters. The largest absolute Gasteiger partial charge is 0.488 e. The van der Waals surface area contributed by atoms with Gasteiger partial charge in [0.1, 0.15) is 18.2 Å². The molecule has 0 aromatic heterocycles. The van der Waals surface area contributed by atoms with Crippen molar-refractivity contribution >= 4 is 17.4 Å². The molecule has 4 heteroatoms. The Hall–Kier alpha value is -2.00. The molecule has 0 fully saturated rings. The Kier molecular flexibility index (Phi) is 4.07. The fourth-order valence-corrected chi connectivity index (χ4v) is 2.08. The van der Waals surface area contributed by atoms with E-state index in [-0.39, 0.29) is 5.84 Å². The van der Waals surface area contributed by atoms with Crippen molar-refractivity contribution in [2.75, 3.05) is 0 Å². The minimum Gasteiger partial charge on any atom is -0.488 e. The molecule has 2 rings (SSSR count). The maximum Gasteiger partial charge on any atom is 0.132 e. The van der Waals surface area contributed by atoms with Gasteiger partial charge in [-0.25, -0.2) is 0 Å². The Morgan fingerprint density at radius 2 is 1.95 bits per heavy atom. The first-order valence-corrected chi connectivity index (χ1v) is 6.27. The zero-order valence-corrected chi connectivity index (χ0v) is 11.4. The molecule has 3 nitrogen and oxygen atoms in total. The third-order valence-corrected chi connectivity index (χ3v) is 3.20. The van der Waals surface area contributed by atoms with Crippen LogP contribution in [0.3, 0.4) is 0 Å². The molecule has 2 aromatic rings. The molecule has 0 heterocycles. The van der Waals surface area contributed by atoms with E-state index in [0.29, 0.717) is 22.9 Å². The molecule has 2 aromatic carbocycles. The van der Waals surface area contributed by atoms with Crippen LogP contribution in [-0.4, -0.2) is 5.84 Å². The van der Waals surface area contributed by atoms with E-state index in [1.54, 1.807) is 18.2 Å². The van der Waals surface area contributed by atoms with Crippen LogP contribution in [0.15, 0.2) is 42.5 Å². The van der Waals surface area contributed by atoms with Crippen molar-refractivity contribution in [3.8, 4) is 5.75 Å². The van der Waals surface area contributed by atoms with Gasteiger partial charge in [0.2, 0.25) is 0 Å². The maximum atomic E-state index is 7.56. The Morgan fingerprint density at radius 1 is 1.21 bits per heavy atom. The first kappa shape index (κ1) is 13.4. The number of ether oxygens (including phenoxy) is 1. The summed E-state index contributed by atoms with van der Waals surface area (Å²) in [4.78, 5) is 0. The molecule has 98 valence electrons. The van der Waals surface area contributed by atoms with Crippen LogP contribution in [-0.2, 0) is 6.61 Å². The van der Waals surface area contributed by atoms with Gasteiger partial charge in [-0.2, -0.15) is 0 Å². The summed E-state index contributed by atoms with van der Waals surface area (Å²) < 4.78 is 5.74. The number of amidine groups is 1. The average molecular weight is 275 g/mol. The number of nitrogen functional groups attached to an aromatic ring is 1. The van der Waals surface area contributed by atoms with Crippen LogP contribution < -0.4 is 10.5 Å². The average Bonchev–Trinajstić information content (AvgIpc) is 2.37. The minimum atomic E-state index is -0.0922.